The van der Waals surface area contributed by atoms with Crippen LogP contribution in [0.5, 0.6) is 5.75 Å². The van der Waals surface area contributed by atoms with Crippen LogP contribution in [0.25, 0.3) is 0 Å². The summed E-state index contributed by atoms with van der Waals surface area (Å²) in [6.45, 7) is -0.599. The molecule has 0 heterocycles. The molecule has 0 spiro atoms. The van der Waals surface area contributed by atoms with Crippen molar-refractivity contribution in [1.29, 1.82) is 0 Å². The van der Waals surface area contributed by atoms with E-state index in [-0.39, 0.29) is 11.3 Å². The Morgan fingerprint density at radius 1 is 0.719 bits per heavy atom. The van der Waals surface area contributed by atoms with Crippen LogP contribution in [0.3, 0.4) is 0 Å². The van der Waals surface area contributed by atoms with Gasteiger partial charge in [-0.15, -0.1) is 4.90 Å². The molecular formula is C20H29F6NO4S. The highest BCUT2D eigenvalue weighted by Crippen LogP contribution is 2.33. The van der Waals surface area contributed by atoms with Gasteiger partial charge in [-0.1, -0.05) is 51.4 Å². The van der Waals surface area contributed by atoms with Gasteiger partial charge in [0, 0.05) is 6.54 Å². The lowest BCUT2D eigenvalue weighted by Crippen LogP contribution is -2.48. The zero-order chi connectivity index (χ0) is 24.3. The maximum absolute atomic E-state index is 12.4. The van der Waals surface area contributed by atoms with Crippen molar-refractivity contribution in [2.45, 2.75) is 81.7 Å². The normalized spacial score (nSPS) is 13.0. The Balaban J connectivity index is 1.99. The predicted molar refractivity (Wildman–Crippen MR) is 107 cm³/mol. The first kappa shape index (κ1) is 28.5. The van der Waals surface area contributed by atoms with Gasteiger partial charge >= 0.3 is 12.6 Å². The van der Waals surface area contributed by atoms with Crippen molar-refractivity contribution in [3.63, 3.8) is 0 Å². The number of nitrogens with zero attached hydrogens (tertiary/aromatic N) is 1. The van der Waals surface area contributed by atoms with Gasteiger partial charge < -0.3 is 4.74 Å². The van der Waals surface area contributed by atoms with Crippen LogP contribution in [0.2, 0.25) is 0 Å². The quantitative estimate of drug-likeness (QED) is 0.130. The third-order valence-electron chi connectivity index (χ3n) is 4.78. The molecule has 0 saturated carbocycles. The molecule has 1 N–H and O–H groups in total. The summed E-state index contributed by atoms with van der Waals surface area (Å²) >= 11 is 0. The lowest BCUT2D eigenvalue weighted by molar-refractivity contribution is -0.372. The number of alkyl halides is 6. The summed E-state index contributed by atoms with van der Waals surface area (Å²) in [6.07, 6.45) is -3.70. The van der Waals surface area contributed by atoms with E-state index in [4.69, 9.17) is 9.29 Å². The average molecular weight is 494 g/mol. The van der Waals surface area contributed by atoms with E-state index in [9.17, 15) is 34.8 Å². The molecule has 32 heavy (non-hydrogen) atoms. The summed E-state index contributed by atoms with van der Waals surface area (Å²) in [5.74, 6) is 0.506. The molecular weight excluding hydrogens is 464 g/mol. The molecule has 0 aliphatic rings. The minimum Gasteiger partial charge on any atom is -0.494 e. The first-order valence-corrected chi connectivity index (χ1v) is 11.9. The maximum atomic E-state index is 12.4. The summed E-state index contributed by atoms with van der Waals surface area (Å²) in [4.78, 5) is -1.58. The van der Waals surface area contributed by atoms with Crippen LogP contribution in [0.15, 0.2) is 29.2 Å². The van der Waals surface area contributed by atoms with Gasteiger partial charge in [0.05, 0.1) is 11.5 Å². The zero-order valence-corrected chi connectivity index (χ0v) is 18.4. The highest BCUT2D eigenvalue weighted by molar-refractivity contribution is 7.85. The fourth-order valence-electron chi connectivity index (χ4n) is 3.08. The van der Waals surface area contributed by atoms with Gasteiger partial charge in [-0.25, -0.2) is 0 Å². The molecule has 0 aliphatic carbocycles. The highest BCUT2D eigenvalue weighted by Gasteiger charge is 2.53. The second kappa shape index (κ2) is 13.2. The van der Waals surface area contributed by atoms with E-state index in [1.165, 1.54) is 24.3 Å². The number of unbranched alkanes of at least 4 members (excludes halogenated alkanes) is 9. The number of hydrogen-bond donors (Lipinski definition) is 1. The zero-order valence-electron chi connectivity index (χ0n) is 17.6. The van der Waals surface area contributed by atoms with Gasteiger partial charge in [-0.05, 0) is 37.1 Å². The molecule has 0 amide bonds. The summed E-state index contributed by atoms with van der Waals surface area (Å²) in [5.41, 5.74) is 0. The fourth-order valence-corrected chi connectivity index (χ4v) is 3.56. The third-order valence-corrected chi connectivity index (χ3v) is 5.65. The van der Waals surface area contributed by atoms with E-state index < -0.39 is 34.2 Å². The molecule has 0 bridgehead atoms. The topological polar surface area (TPSA) is 66.8 Å². The highest BCUT2D eigenvalue weighted by atomic mass is 32.2. The van der Waals surface area contributed by atoms with Crippen molar-refractivity contribution in [2.24, 2.45) is 0 Å². The van der Waals surface area contributed by atoms with Crippen molar-refractivity contribution >= 4 is 10.1 Å². The van der Waals surface area contributed by atoms with Crippen LogP contribution in [-0.2, 0) is 10.1 Å². The van der Waals surface area contributed by atoms with Crippen LogP contribution in [0.4, 0.5) is 26.3 Å². The standard InChI is InChI=1S/C20H29F6NO4S/c21-19(22,23)27(20(24,25)26)15-9-7-5-3-1-2-4-6-8-10-16-31-17-11-13-18(14-12-17)32(28,29)30/h11-14H,1-10,15-16H2,(H,28,29,30). The van der Waals surface area contributed by atoms with E-state index in [0.29, 0.717) is 25.2 Å². The molecule has 0 unspecified atom stereocenters. The van der Waals surface area contributed by atoms with Crippen molar-refractivity contribution < 1.29 is 44.0 Å². The lowest BCUT2D eigenvalue weighted by Gasteiger charge is -2.26. The number of halogens is 6. The van der Waals surface area contributed by atoms with Crippen molar-refractivity contribution in [2.75, 3.05) is 13.2 Å². The molecule has 0 aliphatic heterocycles. The van der Waals surface area contributed by atoms with Crippen LogP contribution in [0, 0.1) is 0 Å². The van der Waals surface area contributed by atoms with Gasteiger partial charge in [0.15, 0.2) is 0 Å². The van der Waals surface area contributed by atoms with Crippen LogP contribution in [-0.4, -0.2) is 43.6 Å². The van der Waals surface area contributed by atoms with Gasteiger partial charge in [-0.2, -0.15) is 34.8 Å². The van der Waals surface area contributed by atoms with Gasteiger partial charge in [-0.3, -0.25) is 4.55 Å². The molecule has 0 atom stereocenters. The first-order valence-electron chi connectivity index (χ1n) is 10.4. The number of rotatable bonds is 15. The molecule has 1 rings (SSSR count). The minimum absolute atomic E-state index is 0.155. The van der Waals surface area contributed by atoms with E-state index >= 15 is 0 Å². The Hall–Kier alpha value is -1.53. The molecule has 0 aromatic heterocycles. The summed E-state index contributed by atoms with van der Waals surface area (Å²) < 4.78 is 110. The molecule has 0 radical (unpaired) electrons. The second-order valence-corrected chi connectivity index (χ2v) is 8.84. The number of benzene rings is 1. The second-order valence-electron chi connectivity index (χ2n) is 7.42. The number of hydrogen-bond acceptors (Lipinski definition) is 4. The smallest absolute Gasteiger partial charge is 0.467 e. The van der Waals surface area contributed by atoms with Gasteiger partial charge in [0.25, 0.3) is 10.1 Å². The molecule has 0 fully saturated rings. The summed E-state index contributed by atoms with van der Waals surface area (Å²) in [6, 6.07) is 5.44. The van der Waals surface area contributed by atoms with E-state index in [0.717, 1.165) is 44.9 Å². The van der Waals surface area contributed by atoms with Crippen LogP contribution >= 0.6 is 0 Å². The van der Waals surface area contributed by atoms with Gasteiger partial charge in [0.1, 0.15) is 5.75 Å². The lowest BCUT2D eigenvalue weighted by atomic mass is 10.1. The fraction of sp³-hybridized carbons (Fsp3) is 0.700. The van der Waals surface area contributed by atoms with Crippen molar-refractivity contribution in [3.05, 3.63) is 24.3 Å². The van der Waals surface area contributed by atoms with Crippen molar-refractivity contribution in [3.8, 4) is 5.75 Å². The summed E-state index contributed by atoms with van der Waals surface area (Å²) in [7, 11) is -4.22. The van der Waals surface area contributed by atoms with E-state index in [2.05, 4.69) is 0 Å². The summed E-state index contributed by atoms with van der Waals surface area (Å²) in [5, 5.41) is 0. The molecule has 5 nitrogen and oxygen atoms in total. The Labute approximate surface area is 184 Å². The average Bonchev–Trinajstić information content (AvgIpc) is 2.66. The Morgan fingerprint density at radius 2 is 1.12 bits per heavy atom. The molecule has 0 saturated heterocycles. The SMILES string of the molecule is O=S(=O)(O)c1ccc(OCCCCCCCCCCCCN(C(F)(F)F)C(F)(F)F)cc1. The van der Waals surface area contributed by atoms with E-state index in [1.807, 2.05) is 0 Å². The largest absolute Gasteiger partial charge is 0.494 e. The molecule has 1 aromatic carbocycles. The number of ether oxygens (including phenoxy) is 1. The first-order chi connectivity index (χ1) is 14.8. The van der Waals surface area contributed by atoms with Crippen LogP contribution < -0.4 is 4.74 Å². The van der Waals surface area contributed by atoms with Gasteiger partial charge in [0.2, 0.25) is 0 Å². The Morgan fingerprint density at radius 3 is 1.53 bits per heavy atom. The third kappa shape index (κ3) is 11.9. The molecule has 1 aromatic rings. The van der Waals surface area contributed by atoms with Crippen molar-refractivity contribution in [1.82, 2.24) is 4.90 Å². The molecule has 12 heteroatoms. The Bertz CT molecular complexity index is 737. The monoisotopic (exact) mass is 493 g/mol. The minimum atomic E-state index is -5.41. The van der Waals surface area contributed by atoms with E-state index in [1.54, 1.807) is 0 Å². The molecule has 186 valence electrons. The van der Waals surface area contributed by atoms with Crippen LogP contribution in [0.1, 0.15) is 64.2 Å². The Kier molecular flexibility index (Phi) is 11.8. The maximum Gasteiger partial charge on any atom is 0.467 e. The predicted octanol–water partition coefficient (Wildman–Crippen LogP) is 6.55.